The highest BCUT2D eigenvalue weighted by Crippen LogP contribution is 2.28. The van der Waals surface area contributed by atoms with E-state index in [9.17, 15) is 4.79 Å². The molecule has 1 N–H and O–H groups in total. The van der Waals surface area contributed by atoms with E-state index in [2.05, 4.69) is 19.2 Å². The minimum Gasteiger partial charge on any atom is -0.328 e. The molecule has 2 rings (SSSR count). The van der Waals surface area contributed by atoms with E-state index >= 15 is 0 Å². The summed E-state index contributed by atoms with van der Waals surface area (Å²) in [5.74, 6) is 1.51. The molecular weight excluding hydrogens is 176 g/mol. The summed E-state index contributed by atoms with van der Waals surface area (Å²) < 4.78 is 0. The van der Waals surface area contributed by atoms with Crippen molar-refractivity contribution in [3.8, 4) is 0 Å². The molecule has 0 aromatic heterocycles. The van der Waals surface area contributed by atoms with Crippen molar-refractivity contribution >= 4 is 5.91 Å². The van der Waals surface area contributed by atoms with Gasteiger partial charge in [0.05, 0.1) is 12.7 Å². The standard InChI is InChI=1S/C11H20N2O/c1-8(2)10-11(14)13(7-12-10)6-9-4-3-5-9/h8-10,12H,3-7H2,1-2H3. The predicted octanol–water partition coefficient (Wildman–Crippen LogP) is 1.20. The van der Waals surface area contributed by atoms with E-state index < -0.39 is 0 Å². The van der Waals surface area contributed by atoms with Gasteiger partial charge in [0, 0.05) is 6.54 Å². The van der Waals surface area contributed by atoms with Crippen molar-refractivity contribution in [2.45, 2.75) is 39.2 Å². The summed E-state index contributed by atoms with van der Waals surface area (Å²) in [6.45, 7) is 5.94. The van der Waals surface area contributed by atoms with Crippen LogP contribution in [0.1, 0.15) is 33.1 Å². The second-order valence-electron chi connectivity index (χ2n) is 4.94. The first-order chi connectivity index (χ1) is 6.68. The molecule has 2 fully saturated rings. The van der Waals surface area contributed by atoms with Crippen molar-refractivity contribution in [2.24, 2.45) is 11.8 Å². The molecule has 0 spiro atoms. The fourth-order valence-corrected chi connectivity index (χ4v) is 2.23. The molecule has 1 unspecified atom stereocenters. The highest BCUT2D eigenvalue weighted by molar-refractivity contribution is 5.84. The van der Waals surface area contributed by atoms with Gasteiger partial charge in [-0.05, 0) is 24.7 Å². The van der Waals surface area contributed by atoms with Crippen LogP contribution in [0.2, 0.25) is 0 Å². The molecule has 1 heterocycles. The van der Waals surface area contributed by atoms with Crippen molar-refractivity contribution < 1.29 is 4.79 Å². The van der Waals surface area contributed by atoms with E-state index in [1.807, 2.05) is 4.90 Å². The summed E-state index contributed by atoms with van der Waals surface area (Å²) in [6, 6.07) is 0.0649. The second kappa shape index (κ2) is 3.89. The fourth-order valence-electron chi connectivity index (χ4n) is 2.23. The van der Waals surface area contributed by atoms with Crippen LogP contribution in [0.4, 0.5) is 0 Å². The van der Waals surface area contributed by atoms with E-state index in [0.29, 0.717) is 11.8 Å². The zero-order valence-corrected chi connectivity index (χ0v) is 9.12. The van der Waals surface area contributed by atoms with Gasteiger partial charge in [-0.2, -0.15) is 0 Å². The molecule has 2 aliphatic rings. The van der Waals surface area contributed by atoms with Crippen molar-refractivity contribution in [1.82, 2.24) is 10.2 Å². The second-order valence-corrected chi connectivity index (χ2v) is 4.94. The van der Waals surface area contributed by atoms with Crippen LogP contribution in [0.25, 0.3) is 0 Å². The van der Waals surface area contributed by atoms with Gasteiger partial charge in [0.25, 0.3) is 0 Å². The van der Waals surface area contributed by atoms with Gasteiger partial charge in [0.15, 0.2) is 0 Å². The van der Waals surface area contributed by atoms with Crippen LogP contribution < -0.4 is 5.32 Å². The van der Waals surface area contributed by atoms with Crippen LogP contribution >= 0.6 is 0 Å². The van der Waals surface area contributed by atoms with Gasteiger partial charge in [0.2, 0.25) is 5.91 Å². The third-order valence-corrected chi connectivity index (χ3v) is 3.45. The molecule has 0 bridgehead atoms. The van der Waals surface area contributed by atoms with Crippen molar-refractivity contribution in [1.29, 1.82) is 0 Å². The maximum absolute atomic E-state index is 11.9. The smallest absolute Gasteiger partial charge is 0.241 e. The molecule has 1 aliphatic carbocycles. The lowest BCUT2D eigenvalue weighted by atomic mass is 9.85. The first kappa shape index (κ1) is 9.97. The molecule has 1 aliphatic heterocycles. The van der Waals surface area contributed by atoms with E-state index in [4.69, 9.17) is 0 Å². The number of nitrogens with zero attached hydrogens (tertiary/aromatic N) is 1. The number of hydrogen-bond donors (Lipinski definition) is 1. The van der Waals surface area contributed by atoms with Crippen LogP contribution in [-0.4, -0.2) is 30.1 Å². The minimum absolute atomic E-state index is 0.0649. The lowest BCUT2D eigenvalue weighted by molar-refractivity contribution is -0.130. The predicted molar refractivity (Wildman–Crippen MR) is 55.7 cm³/mol. The van der Waals surface area contributed by atoms with Gasteiger partial charge in [-0.25, -0.2) is 0 Å². The first-order valence-corrected chi connectivity index (χ1v) is 5.70. The monoisotopic (exact) mass is 196 g/mol. The van der Waals surface area contributed by atoms with Crippen LogP contribution in [0, 0.1) is 11.8 Å². The number of nitrogens with one attached hydrogen (secondary N) is 1. The van der Waals surface area contributed by atoms with Crippen molar-refractivity contribution in [3.05, 3.63) is 0 Å². The van der Waals surface area contributed by atoms with Gasteiger partial charge in [-0.1, -0.05) is 20.3 Å². The van der Waals surface area contributed by atoms with Crippen LogP contribution in [0.15, 0.2) is 0 Å². The highest BCUT2D eigenvalue weighted by Gasteiger charge is 2.34. The van der Waals surface area contributed by atoms with Crippen LogP contribution in [0.5, 0.6) is 0 Å². The zero-order chi connectivity index (χ0) is 10.1. The van der Waals surface area contributed by atoms with Gasteiger partial charge in [0.1, 0.15) is 0 Å². The summed E-state index contributed by atoms with van der Waals surface area (Å²) in [4.78, 5) is 13.9. The van der Waals surface area contributed by atoms with E-state index in [0.717, 1.165) is 19.1 Å². The largest absolute Gasteiger partial charge is 0.328 e. The molecule has 1 saturated heterocycles. The van der Waals surface area contributed by atoms with Crippen molar-refractivity contribution in [3.63, 3.8) is 0 Å². The zero-order valence-electron chi connectivity index (χ0n) is 9.12. The van der Waals surface area contributed by atoms with Gasteiger partial charge in [-0.3, -0.25) is 10.1 Å². The Morgan fingerprint density at radius 1 is 1.50 bits per heavy atom. The number of amides is 1. The van der Waals surface area contributed by atoms with Crippen molar-refractivity contribution in [2.75, 3.05) is 13.2 Å². The highest BCUT2D eigenvalue weighted by atomic mass is 16.2. The number of hydrogen-bond acceptors (Lipinski definition) is 2. The molecule has 80 valence electrons. The Balaban J connectivity index is 1.86. The third kappa shape index (κ3) is 1.78. The Morgan fingerprint density at radius 2 is 2.21 bits per heavy atom. The lowest BCUT2D eigenvalue weighted by Gasteiger charge is -2.29. The molecule has 0 radical (unpaired) electrons. The van der Waals surface area contributed by atoms with Gasteiger partial charge in [-0.15, -0.1) is 0 Å². The summed E-state index contributed by atoms with van der Waals surface area (Å²) >= 11 is 0. The number of carbonyl (C=O) groups excluding carboxylic acids is 1. The SMILES string of the molecule is CC(C)C1NCN(CC2CCC2)C1=O. The summed E-state index contributed by atoms with van der Waals surface area (Å²) in [7, 11) is 0. The summed E-state index contributed by atoms with van der Waals surface area (Å²) in [5, 5.41) is 3.29. The fraction of sp³-hybridized carbons (Fsp3) is 0.909. The number of rotatable bonds is 3. The summed E-state index contributed by atoms with van der Waals surface area (Å²) in [6.07, 6.45) is 3.99. The Kier molecular flexibility index (Phi) is 2.77. The Labute approximate surface area is 85.8 Å². The van der Waals surface area contributed by atoms with Gasteiger partial charge >= 0.3 is 0 Å². The molecule has 1 atom stereocenters. The Morgan fingerprint density at radius 3 is 2.64 bits per heavy atom. The molecule has 0 aromatic carbocycles. The topological polar surface area (TPSA) is 32.3 Å². The first-order valence-electron chi connectivity index (χ1n) is 5.70. The Hall–Kier alpha value is -0.570. The molecule has 3 nitrogen and oxygen atoms in total. The lowest BCUT2D eigenvalue weighted by Crippen LogP contribution is -2.37. The van der Waals surface area contributed by atoms with Crippen LogP contribution in [-0.2, 0) is 4.79 Å². The molecule has 3 heteroatoms. The van der Waals surface area contributed by atoms with Gasteiger partial charge < -0.3 is 4.90 Å². The summed E-state index contributed by atoms with van der Waals surface area (Å²) in [5.41, 5.74) is 0. The molecule has 14 heavy (non-hydrogen) atoms. The average Bonchev–Trinajstić information content (AvgIpc) is 2.40. The third-order valence-electron chi connectivity index (χ3n) is 3.45. The minimum atomic E-state index is 0.0649. The maximum Gasteiger partial charge on any atom is 0.241 e. The molecular formula is C11H20N2O. The van der Waals surface area contributed by atoms with E-state index in [1.54, 1.807) is 0 Å². The maximum atomic E-state index is 11.9. The van der Waals surface area contributed by atoms with E-state index in [1.165, 1.54) is 19.3 Å². The number of carbonyl (C=O) groups is 1. The Bertz CT molecular complexity index is 223. The normalized spacial score (nSPS) is 28.6. The van der Waals surface area contributed by atoms with Crippen LogP contribution in [0.3, 0.4) is 0 Å². The van der Waals surface area contributed by atoms with E-state index in [-0.39, 0.29) is 6.04 Å². The average molecular weight is 196 g/mol. The molecule has 0 aromatic rings. The molecule has 1 amide bonds. The molecule has 1 saturated carbocycles. The quantitative estimate of drug-likeness (QED) is 0.735.